The summed E-state index contributed by atoms with van der Waals surface area (Å²) < 4.78 is 6.23. The average molecular weight is 220 g/mol. The molecule has 0 aromatic carbocycles. The molecule has 2 aliphatic heterocycles. The van der Waals surface area contributed by atoms with Crippen LogP contribution in [0, 0.1) is 0 Å². The molecule has 2 bridgehead atoms. The summed E-state index contributed by atoms with van der Waals surface area (Å²) in [6, 6.07) is 0. The van der Waals surface area contributed by atoms with E-state index in [1.807, 2.05) is 0 Å². The van der Waals surface area contributed by atoms with Crippen molar-refractivity contribution in [3.8, 4) is 0 Å². The van der Waals surface area contributed by atoms with E-state index in [0.717, 1.165) is 5.82 Å². The molecule has 0 radical (unpaired) electrons. The van der Waals surface area contributed by atoms with E-state index in [1.54, 1.807) is 0 Å². The molecular weight excluding hydrogens is 195 g/mol. The third kappa shape index (κ3) is 3.38. The summed E-state index contributed by atoms with van der Waals surface area (Å²) in [4.78, 5) is 0. The first-order valence-electron chi connectivity index (χ1n) is 7.22. The zero-order valence-corrected chi connectivity index (χ0v) is 10.7. The van der Waals surface area contributed by atoms with Crippen LogP contribution in [0.25, 0.3) is 0 Å². The Labute approximate surface area is 101 Å². The first-order valence-corrected chi connectivity index (χ1v) is 7.22. The van der Waals surface area contributed by atoms with Gasteiger partial charge in [0.25, 0.3) is 0 Å². The Bertz CT molecular complexity index is 217. The highest BCUT2D eigenvalue weighted by atomic mass is 16.4. The second kappa shape index (κ2) is 6.49. The van der Waals surface area contributed by atoms with Crippen molar-refractivity contribution in [1.29, 1.82) is 0 Å². The average Bonchev–Trinajstić information content (AvgIpc) is 2.55. The maximum absolute atomic E-state index is 6.23. The zero-order valence-electron chi connectivity index (χ0n) is 10.7. The molecule has 0 amide bonds. The Hall–Kier alpha value is -0.235. The summed E-state index contributed by atoms with van der Waals surface area (Å²) >= 11 is 0. The summed E-state index contributed by atoms with van der Waals surface area (Å²) in [6.45, 7) is 2.69. The van der Waals surface area contributed by atoms with E-state index in [0.29, 0.717) is 13.0 Å². The van der Waals surface area contributed by atoms with Crippen molar-refractivity contribution in [3.63, 3.8) is 0 Å². The molecule has 2 heteroatoms. The molecule has 0 N–H and O–H groups in total. The van der Waals surface area contributed by atoms with Crippen molar-refractivity contribution >= 4 is 6.92 Å². The lowest BCUT2D eigenvalue weighted by atomic mass is 9.53. The highest BCUT2D eigenvalue weighted by Crippen LogP contribution is 2.36. The van der Waals surface area contributed by atoms with Crippen LogP contribution in [0.4, 0.5) is 0 Å². The SMILES string of the molecule is CCCC/C=C/B1OC2CCCC1CCC2. The number of unbranched alkanes of at least 4 members (excludes halogenated alkanes) is 2. The summed E-state index contributed by atoms with van der Waals surface area (Å²) in [5.74, 6) is 3.18. The van der Waals surface area contributed by atoms with Gasteiger partial charge in [-0.1, -0.05) is 57.5 Å². The fourth-order valence-corrected chi connectivity index (χ4v) is 3.06. The summed E-state index contributed by atoms with van der Waals surface area (Å²) in [5, 5.41) is 0. The number of allylic oxidation sites excluding steroid dienone is 1. The van der Waals surface area contributed by atoms with Gasteiger partial charge in [-0.25, -0.2) is 0 Å². The van der Waals surface area contributed by atoms with Crippen molar-refractivity contribution < 1.29 is 4.65 Å². The van der Waals surface area contributed by atoms with Gasteiger partial charge < -0.3 is 4.65 Å². The minimum Gasteiger partial charge on any atom is -0.428 e. The van der Waals surface area contributed by atoms with Crippen LogP contribution in [-0.2, 0) is 4.65 Å². The van der Waals surface area contributed by atoms with Gasteiger partial charge in [0.05, 0.1) is 0 Å². The normalized spacial score (nSPS) is 30.7. The zero-order chi connectivity index (χ0) is 11.2. The Balaban J connectivity index is 1.89. The maximum Gasteiger partial charge on any atom is 0.322 e. The molecule has 2 rings (SSSR count). The first-order chi connectivity index (χ1) is 7.90. The minimum absolute atomic E-state index is 0.437. The predicted molar refractivity (Wildman–Crippen MR) is 70.7 cm³/mol. The molecule has 0 spiro atoms. The van der Waals surface area contributed by atoms with Crippen LogP contribution in [-0.4, -0.2) is 13.0 Å². The molecular formula is C14H25BO. The van der Waals surface area contributed by atoms with Crippen LogP contribution in [0.1, 0.15) is 64.7 Å². The molecule has 2 aliphatic rings. The van der Waals surface area contributed by atoms with Gasteiger partial charge in [-0.3, -0.25) is 0 Å². The van der Waals surface area contributed by atoms with Crippen LogP contribution in [0.2, 0.25) is 5.82 Å². The van der Waals surface area contributed by atoms with E-state index in [2.05, 4.69) is 19.0 Å². The van der Waals surface area contributed by atoms with Crippen molar-refractivity contribution in [2.24, 2.45) is 0 Å². The Morgan fingerprint density at radius 1 is 1.19 bits per heavy atom. The lowest BCUT2D eigenvalue weighted by molar-refractivity contribution is 0.191. The standard InChI is InChI=1S/C14H25BO/c1-2-3-4-5-12-15-13-8-6-10-14(16-15)11-7-9-13/h5,12-14H,2-4,6-11H2,1H3/b12-5+. The van der Waals surface area contributed by atoms with Gasteiger partial charge in [0.2, 0.25) is 0 Å². The van der Waals surface area contributed by atoms with E-state index in [-0.39, 0.29) is 0 Å². The Morgan fingerprint density at radius 2 is 1.94 bits per heavy atom. The quantitative estimate of drug-likeness (QED) is 0.504. The molecule has 2 fully saturated rings. The van der Waals surface area contributed by atoms with Gasteiger partial charge in [-0.2, -0.15) is 0 Å². The molecule has 0 aromatic heterocycles. The summed E-state index contributed by atoms with van der Waals surface area (Å²) in [5.41, 5.74) is 0. The van der Waals surface area contributed by atoms with Crippen LogP contribution in [0.3, 0.4) is 0 Å². The van der Waals surface area contributed by atoms with Gasteiger partial charge in [-0.05, 0) is 25.1 Å². The molecule has 0 aromatic rings. The van der Waals surface area contributed by atoms with Gasteiger partial charge in [0.15, 0.2) is 0 Å². The molecule has 0 saturated carbocycles. The van der Waals surface area contributed by atoms with E-state index in [9.17, 15) is 0 Å². The minimum atomic E-state index is 0.437. The second-order valence-electron chi connectivity index (χ2n) is 5.41. The lowest BCUT2D eigenvalue weighted by Gasteiger charge is -2.16. The number of hydrogen-bond donors (Lipinski definition) is 0. The number of fused-ring (bicyclic) bond motifs is 3. The summed E-state index contributed by atoms with van der Waals surface area (Å²) in [7, 11) is 0. The highest BCUT2D eigenvalue weighted by molar-refractivity contribution is 6.59. The van der Waals surface area contributed by atoms with Gasteiger partial charge in [0.1, 0.15) is 0 Å². The fourth-order valence-electron chi connectivity index (χ4n) is 3.06. The smallest absolute Gasteiger partial charge is 0.322 e. The van der Waals surface area contributed by atoms with Crippen LogP contribution in [0.15, 0.2) is 12.1 Å². The predicted octanol–water partition coefficient (Wildman–Crippen LogP) is 4.39. The number of rotatable bonds is 4. The molecule has 1 nitrogen and oxygen atoms in total. The van der Waals surface area contributed by atoms with Crippen LogP contribution < -0.4 is 0 Å². The van der Waals surface area contributed by atoms with Gasteiger partial charge in [0, 0.05) is 6.10 Å². The van der Waals surface area contributed by atoms with E-state index >= 15 is 0 Å². The molecule has 2 heterocycles. The van der Waals surface area contributed by atoms with E-state index in [4.69, 9.17) is 4.65 Å². The van der Waals surface area contributed by atoms with Crippen LogP contribution in [0.5, 0.6) is 0 Å². The lowest BCUT2D eigenvalue weighted by Crippen LogP contribution is -2.23. The molecule has 2 saturated heterocycles. The van der Waals surface area contributed by atoms with E-state index in [1.165, 1.54) is 57.8 Å². The van der Waals surface area contributed by atoms with Crippen molar-refractivity contribution in [2.75, 3.05) is 0 Å². The third-order valence-corrected chi connectivity index (χ3v) is 4.07. The molecule has 90 valence electrons. The molecule has 0 unspecified atom stereocenters. The Morgan fingerprint density at radius 3 is 2.62 bits per heavy atom. The molecule has 0 aliphatic carbocycles. The van der Waals surface area contributed by atoms with Gasteiger partial charge >= 0.3 is 6.92 Å². The molecule has 0 atom stereocenters. The highest BCUT2D eigenvalue weighted by Gasteiger charge is 2.33. The fraction of sp³-hybridized carbons (Fsp3) is 0.857. The first kappa shape index (κ1) is 12.2. The molecule has 16 heavy (non-hydrogen) atoms. The topological polar surface area (TPSA) is 9.23 Å². The monoisotopic (exact) mass is 220 g/mol. The Kier molecular flexibility index (Phi) is 4.96. The van der Waals surface area contributed by atoms with Crippen molar-refractivity contribution in [3.05, 3.63) is 12.1 Å². The van der Waals surface area contributed by atoms with E-state index < -0.39 is 0 Å². The summed E-state index contributed by atoms with van der Waals surface area (Å²) in [6.07, 6.45) is 14.9. The van der Waals surface area contributed by atoms with Crippen molar-refractivity contribution in [2.45, 2.75) is 76.6 Å². The second-order valence-corrected chi connectivity index (χ2v) is 5.41. The van der Waals surface area contributed by atoms with Crippen LogP contribution >= 0.6 is 0 Å². The number of hydrogen-bond acceptors (Lipinski definition) is 1. The van der Waals surface area contributed by atoms with Crippen molar-refractivity contribution in [1.82, 2.24) is 0 Å². The third-order valence-electron chi connectivity index (χ3n) is 4.07. The maximum atomic E-state index is 6.23. The largest absolute Gasteiger partial charge is 0.428 e. The van der Waals surface area contributed by atoms with Gasteiger partial charge in [-0.15, -0.1) is 0 Å².